The molecular weight excluding hydrogens is 478 g/mol. The summed E-state index contributed by atoms with van der Waals surface area (Å²) in [6.45, 7) is 6.99. The largest absolute Gasteiger partial charge is 0.494 e. The highest BCUT2D eigenvalue weighted by Crippen LogP contribution is 2.67. The van der Waals surface area contributed by atoms with E-state index in [0.29, 0.717) is 19.3 Å². The number of allylic oxidation sites excluding steroid dienone is 4. The summed E-state index contributed by atoms with van der Waals surface area (Å²) in [5.74, 6) is 0.152. The summed E-state index contributed by atoms with van der Waals surface area (Å²) in [7, 11) is 4.06. The van der Waals surface area contributed by atoms with Crippen molar-refractivity contribution >= 4 is 23.2 Å². The van der Waals surface area contributed by atoms with Gasteiger partial charge in [0.2, 0.25) is 5.78 Å². The van der Waals surface area contributed by atoms with Gasteiger partial charge in [-0.1, -0.05) is 31.2 Å². The Morgan fingerprint density at radius 2 is 1.87 bits per heavy atom. The highest BCUT2D eigenvalue weighted by molar-refractivity contribution is 5.93. The molecule has 0 radical (unpaired) electrons. The van der Waals surface area contributed by atoms with Crippen LogP contribution in [0.4, 0.5) is 5.69 Å². The van der Waals surface area contributed by atoms with E-state index in [-0.39, 0.29) is 35.9 Å². The van der Waals surface area contributed by atoms with Gasteiger partial charge in [0.05, 0.1) is 6.26 Å². The van der Waals surface area contributed by atoms with Crippen LogP contribution in [0.1, 0.15) is 70.3 Å². The molecule has 38 heavy (non-hydrogen) atoms. The highest BCUT2D eigenvalue weighted by atomic mass is 16.6. The number of anilines is 1. The molecule has 2 saturated carbocycles. The van der Waals surface area contributed by atoms with E-state index in [2.05, 4.69) is 42.7 Å². The average Bonchev–Trinajstić information content (AvgIpc) is 3.18. The molecule has 0 saturated heterocycles. The second kappa shape index (κ2) is 9.87. The van der Waals surface area contributed by atoms with Crippen LogP contribution in [0.3, 0.4) is 0 Å². The first-order valence-corrected chi connectivity index (χ1v) is 13.8. The number of hydrogen-bond acceptors (Lipinski definition) is 6. The van der Waals surface area contributed by atoms with Gasteiger partial charge in [0.15, 0.2) is 11.4 Å². The zero-order valence-electron chi connectivity index (χ0n) is 23.0. The number of nitrogens with zero attached hydrogens (tertiary/aromatic N) is 1. The zero-order valence-corrected chi connectivity index (χ0v) is 23.0. The van der Waals surface area contributed by atoms with Crippen molar-refractivity contribution < 1.29 is 23.9 Å². The molecule has 5 atom stereocenters. The number of ketones is 2. The maximum atomic E-state index is 13.8. The van der Waals surface area contributed by atoms with E-state index in [9.17, 15) is 14.4 Å². The van der Waals surface area contributed by atoms with E-state index in [1.165, 1.54) is 35.5 Å². The van der Waals surface area contributed by atoms with Crippen molar-refractivity contribution in [1.29, 1.82) is 0 Å². The van der Waals surface area contributed by atoms with Crippen LogP contribution >= 0.6 is 0 Å². The van der Waals surface area contributed by atoms with Gasteiger partial charge >= 0.3 is 5.97 Å². The lowest BCUT2D eigenvalue weighted by Gasteiger charge is -2.55. The third-order valence-corrected chi connectivity index (χ3v) is 9.77. The molecule has 3 unspecified atom stereocenters. The van der Waals surface area contributed by atoms with Crippen molar-refractivity contribution in [2.75, 3.05) is 25.6 Å². The van der Waals surface area contributed by atoms with Crippen molar-refractivity contribution in [1.82, 2.24) is 0 Å². The first-order valence-electron chi connectivity index (χ1n) is 13.8. The normalized spacial score (nSPS) is 31.9. The smallest absolute Gasteiger partial charge is 0.303 e. The molecule has 0 bridgehead atoms. The lowest BCUT2D eigenvalue weighted by molar-refractivity contribution is -0.185. The minimum atomic E-state index is -1.23. The molecule has 2 fully saturated rings. The van der Waals surface area contributed by atoms with E-state index >= 15 is 0 Å². The molecule has 6 heteroatoms. The lowest BCUT2D eigenvalue weighted by Crippen LogP contribution is -2.58. The van der Waals surface area contributed by atoms with Crippen molar-refractivity contribution in [2.45, 2.75) is 70.3 Å². The Kier molecular flexibility index (Phi) is 6.87. The van der Waals surface area contributed by atoms with Crippen LogP contribution in [0.5, 0.6) is 0 Å². The Morgan fingerprint density at radius 1 is 1.13 bits per heavy atom. The standard InChI is InChI=1S/C32H39NO5/c1-6-37-19-29(36)32(38-20(2)34)16-15-28-26-13-9-22-17-24(35)12-14-25(22)30(26)27(18-31(28,32)3)21-7-10-23(11-8-21)33(4)5/h6-8,10-11,17,26-28H,1,9,12-16,18-19H2,2-5H3/t26?,27?,28?,31-,32-/m0/s1. The fraction of sp³-hybridized carbons (Fsp3) is 0.531. The van der Waals surface area contributed by atoms with E-state index in [0.717, 1.165) is 31.4 Å². The molecule has 0 spiro atoms. The third-order valence-electron chi connectivity index (χ3n) is 9.77. The first kappa shape index (κ1) is 26.5. The predicted octanol–water partition coefficient (Wildman–Crippen LogP) is 5.68. The molecule has 1 aromatic rings. The van der Waals surface area contributed by atoms with E-state index in [4.69, 9.17) is 9.47 Å². The summed E-state index contributed by atoms with van der Waals surface area (Å²) in [6, 6.07) is 8.69. The Labute approximate surface area is 225 Å². The monoisotopic (exact) mass is 517 g/mol. The molecule has 6 nitrogen and oxygen atoms in total. The molecule has 0 N–H and O–H groups in total. The van der Waals surface area contributed by atoms with Crippen LogP contribution in [0.15, 0.2) is 59.9 Å². The number of hydrogen-bond donors (Lipinski definition) is 0. The second-order valence-corrected chi connectivity index (χ2v) is 11.8. The number of fused-ring (bicyclic) bond motifs is 4. The van der Waals surface area contributed by atoms with Crippen LogP contribution in [0, 0.1) is 17.3 Å². The number of carbonyl (C=O) groups excluding carboxylic acids is 3. The maximum absolute atomic E-state index is 13.8. The van der Waals surface area contributed by atoms with Crippen molar-refractivity contribution in [3.63, 3.8) is 0 Å². The second-order valence-electron chi connectivity index (χ2n) is 11.8. The minimum Gasteiger partial charge on any atom is -0.494 e. The molecule has 1 aromatic carbocycles. The van der Waals surface area contributed by atoms with Gasteiger partial charge in [0.25, 0.3) is 0 Å². The van der Waals surface area contributed by atoms with Crippen LogP contribution in [-0.4, -0.2) is 43.8 Å². The molecule has 0 aromatic heterocycles. The molecule has 4 aliphatic rings. The van der Waals surface area contributed by atoms with E-state index in [1.807, 2.05) is 20.2 Å². The fourth-order valence-corrected chi connectivity index (χ4v) is 8.13. The summed E-state index contributed by atoms with van der Waals surface area (Å²) in [4.78, 5) is 40.7. The molecule has 202 valence electrons. The topological polar surface area (TPSA) is 72.9 Å². The van der Waals surface area contributed by atoms with E-state index in [1.54, 1.807) is 0 Å². The fourth-order valence-electron chi connectivity index (χ4n) is 8.13. The van der Waals surface area contributed by atoms with Crippen molar-refractivity contribution in [3.8, 4) is 0 Å². The molecule has 4 aliphatic carbocycles. The first-order chi connectivity index (χ1) is 18.1. The van der Waals surface area contributed by atoms with E-state index < -0.39 is 17.0 Å². The predicted molar refractivity (Wildman–Crippen MR) is 147 cm³/mol. The molecule has 0 amide bonds. The molecule has 0 heterocycles. The van der Waals surface area contributed by atoms with Crippen LogP contribution in [-0.2, 0) is 23.9 Å². The number of benzene rings is 1. The van der Waals surface area contributed by atoms with Gasteiger partial charge < -0.3 is 14.4 Å². The number of carbonyl (C=O) groups is 3. The SMILES string of the molecule is C=COCC(=O)[C@@]1(OC(C)=O)CCC2C3CCC4=CC(=O)CCC4=C3C(c3ccc(N(C)C)cc3)C[C@@]21C. The Morgan fingerprint density at radius 3 is 2.53 bits per heavy atom. The third kappa shape index (κ3) is 4.13. The van der Waals surface area contributed by atoms with Crippen LogP contribution in [0.25, 0.3) is 0 Å². The molecule has 0 aliphatic heterocycles. The molecular formula is C32H39NO5. The Balaban J connectivity index is 1.67. The summed E-state index contributed by atoms with van der Waals surface area (Å²) < 4.78 is 11.4. The zero-order chi connectivity index (χ0) is 27.2. The van der Waals surface area contributed by atoms with Gasteiger partial charge in [-0.2, -0.15) is 0 Å². The lowest BCUT2D eigenvalue weighted by atomic mass is 9.50. The Bertz CT molecular complexity index is 1220. The van der Waals surface area contributed by atoms with Crippen LogP contribution in [0.2, 0.25) is 0 Å². The number of esters is 1. The van der Waals surface area contributed by atoms with Crippen molar-refractivity contribution in [3.05, 3.63) is 65.5 Å². The van der Waals surface area contributed by atoms with Gasteiger partial charge in [-0.25, -0.2) is 0 Å². The van der Waals surface area contributed by atoms with Gasteiger partial charge in [0.1, 0.15) is 6.61 Å². The van der Waals surface area contributed by atoms with Crippen molar-refractivity contribution in [2.24, 2.45) is 17.3 Å². The maximum Gasteiger partial charge on any atom is 0.303 e. The number of Topliss-reactive ketones (excluding diaryl/α,β-unsaturated/α-hetero) is 1. The Hall–Kier alpha value is -3.15. The van der Waals surface area contributed by atoms with Gasteiger partial charge in [-0.05, 0) is 85.3 Å². The number of rotatable bonds is 7. The summed E-state index contributed by atoms with van der Waals surface area (Å²) >= 11 is 0. The highest BCUT2D eigenvalue weighted by Gasteiger charge is 2.68. The van der Waals surface area contributed by atoms with Gasteiger partial charge in [0, 0.05) is 44.5 Å². The van der Waals surface area contributed by atoms with Crippen LogP contribution < -0.4 is 4.90 Å². The van der Waals surface area contributed by atoms with Gasteiger partial charge in [-0.15, -0.1) is 0 Å². The quantitative estimate of drug-likeness (QED) is 0.342. The minimum absolute atomic E-state index is 0.0746. The number of ether oxygens (including phenoxy) is 2. The van der Waals surface area contributed by atoms with Gasteiger partial charge in [-0.3, -0.25) is 14.4 Å². The summed E-state index contributed by atoms with van der Waals surface area (Å²) in [5, 5.41) is 0. The average molecular weight is 518 g/mol. The summed E-state index contributed by atoms with van der Waals surface area (Å²) in [5.41, 5.74) is 4.56. The molecule has 5 rings (SSSR count). The summed E-state index contributed by atoms with van der Waals surface area (Å²) in [6.07, 6.45) is 8.31.